The van der Waals surface area contributed by atoms with Crippen LogP contribution in [0.3, 0.4) is 0 Å². The number of Topliss-reactive ketones (excluding diaryl/α,β-unsaturated/α-hetero) is 1. The van der Waals surface area contributed by atoms with E-state index in [9.17, 15) is 20.2 Å². The fourth-order valence-corrected chi connectivity index (χ4v) is 5.53. The fourth-order valence-electron chi connectivity index (χ4n) is 4.11. The van der Waals surface area contributed by atoms with E-state index in [-0.39, 0.29) is 22.2 Å². The summed E-state index contributed by atoms with van der Waals surface area (Å²) in [4.78, 5) is 26.2. The minimum Gasteiger partial charge on any atom is -0.384 e. The predicted molar refractivity (Wildman–Crippen MR) is 118 cm³/mol. The minimum atomic E-state index is -0.677. The predicted octanol–water partition coefficient (Wildman–Crippen LogP) is 5.03. The lowest BCUT2D eigenvalue weighted by Gasteiger charge is -2.39. The highest BCUT2D eigenvalue weighted by molar-refractivity contribution is 9.10. The number of anilines is 1. The average Bonchev–Trinajstić information content (AvgIpc) is 3.18. The topological polar surface area (TPSA) is 113 Å². The molecule has 7 nitrogen and oxygen atoms in total. The number of allylic oxidation sites excluding steroid dienone is 3. The second kappa shape index (κ2) is 7.70. The number of carbonyl (C=O) groups excluding carboxylic acids is 1. The molecule has 0 fully saturated rings. The van der Waals surface area contributed by atoms with Crippen molar-refractivity contribution in [1.29, 1.82) is 5.26 Å². The molecular weight excluding hydrogens is 468 g/mol. The Hall–Kier alpha value is -2.96. The molecule has 2 heterocycles. The number of nitrogens with zero attached hydrogens (tertiary/aromatic N) is 3. The zero-order valence-corrected chi connectivity index (χ0v) is 18.4. The lowest BCUT2D eigenvalue weighted by atomic mass is 9.78. The highest BCUT2D eigenvalue weighted by Crippen LogP contribution is 2.48. The van der Waals surface area contributed by atoms with Crippen LogP contribution in [0.25, 0.3) is 0 Å². The van der Waals surface area contributed by atoms with Crippen LogP contribution in [0.15, 0.2) is 57.5 Å². The number of nitrogens with two attached hydrogens (primary N) is 1. The van der Waals surface area contributed by atoms with Gasteiger partial charge in [0.2, 0.25) is 0 Å². The molecule has 0 saturated carbocycles. The molecule has 2 N–H and O–H groups in total. The highest BCUT2D eigenvalue weighted by atomic mass is 79.9. The highest BCUT2D eigenvalue weighted by Gasteiger charge is 2.41. The number of carbonyl (C=O) groups is 1. The summed E-state index contributed by atoms with van der Waals surface area (Å²) in [5.74, 6) is -0.460. The summed E-state index contributed by atoms with van der Waals surface area (Å²) in [7, 11) is 0. The first-order valence-corrected chi connectivity index (χ1v) is 10.9. The van der Waals surface area contributed by atoms with E-state index < -0.39 is 10.8 Å². The molecule has 1 unspecified atom stereocenters. The first kappa shape index (κ1) is 20.3. The number of thiophene rings is 1. The van der Waals surface area contributed by atoms with E-state index in [4.69, 9.17) is 5.73 Å². The van der Waals surface area contributed by atoms with Crippen molar-refractivity contribution in [2.24, 2.45) is 5.73 Å². The maximum absolute atomic E-state index is 13.0. The van der Waals surface area contributed by atoms with Crippen molar-refractivity contribution in [2.75, 3.05) is 4.90 Å². The number of halogens is 1. The maximum Gasteiger partial charge on any atom is 0.324 e. The van der Waals surface area contributed by atoms with Crippen LogP contribution in [0.5, 0.6) is 0 Å². The molecule has 0 radical (unpaired) electrons. The van der Waals surface area contributed by atoms with Crippen LogP contribution in [0.2, 0.25) is 0 Å². The van der Waals surface area contributed by atoms with E-state index >= 15 is 0 Å². The van der Waals surface area contributed by atoms with E-state index in [1.807, 2.05) is 30.0 Å². The Kier molecular flexibility index (Phi) is 5.22. The molecule has 1 atom stereocenters. The lowest BCUT2D eigenvalue weighted by molar-refractivity contribution is -0.380. The van der Waals surface area contributed by atoms with E-state index in [2.05, 4.69) is 22.0 Å². The molecule has 1 aromatic carbocycles. The minimum absolute atomic E-state index is 0.0301. The van der Waals surface area contributed by atoms with Crippen molar-refractivity contribution in [3.8, 4) is 6.07 Å². The van der Waals surface area contributed by atoms with Gasteiger partial charge in [-0.2, -0.15) is 5.26 Å². The second-order valence-electron chi connectivity index (χ2n) is 7.18. The monoisotopic (exact) mass is 484 g/mol. The Labute approximate surface area is 185 Å². The van der Waals surface area contributed by atoms with Crippen molar-refractivity contribution in [2.45, 2.75) is 32.1 Å². The van der Waals surface area contributed by atoms with Gasteiger partial charge in [0, 0.05) is 33.1 Å². The van der Waals surface area contributed by atoms with Crippen molar-refractivity contribution in [3.05, 3.63) is 78.0 Å². The van der Waals surface area contributed by atoms with Crippen LogP contribution in [0, 0.1) is 28.4 Å². The molecule has 0 spiro atoms. The van der Waals surface area contributed by atoms with Gasteiger partial charge in [0.25, 0.3) is 0 Å². The SMILES string of the molecule is Cc1cc(Br)ccc1N1C(N)=C(C#N)C(c2ccc([N+](=O)[O-])s2)C2=C1CCCC2=O. The van der Waals surface area contributed by atoms with Crippen LogP contribution in [-0.2, 0) is 4.79 Å². The maximum atomic E-state index is 13.0. The van der Waals surface area contributed by atoms with Crippen LogP contribution in [0.4, 0.5) is 10.7 Å². The molecule has 2 aromatic rings. The van der Waals surface area contributed by atoms with Gasteiger partial charge < -0.3 is 5.73 Å². The molecule has 0 amide bonds. The molecule has 30 heavy (non-hydrogen) atoms. The molecule has 9 heteroatoms. The summed E-state index contributed by atoms with van der Waals surface area (Å²) >= 11 is 4.44. The van der Waals surface area contributed by atoms with Crippen LogP contribution in [-0.4, -0.2) is 10.7 Å². The van der Waals surface area contributed by atoms with Gasteiger partial charge in [0.15, 0.2) is 5.78 Å². The number of rotatable bonds is 3. The summed E-state index contributed by atoms with van der Waals surface area (Å²) in [5, 5.41) is 21.1. The van der Waals surface area contributed by atoms with E-state index in [1.54, 1.807) is 6.07 Å². The van der Waals surface area contributed by atoms with E-state index in [0.717, 1.165) is 32.8 Å². The summed E-state index contributed by atoms with van der Waals surface area (Å²) in [5.41, 5.74) is 9.80. The number of aryl methyl sites for hydroxylation is 1. The Balaban J connectivity index is 1.96. The number of ketones is 1. The smallest absolute Gasteiger partial charge is 0.324 e. The number of hydrogen-bond donors (Lipinski definition) is 1. The van der Waals surface area contributed by atoms with Gasteiger partial charge in [0.1, 0.15) is 5.82 Å². The third-order valence-electron chi connectivity index (χ3n) is 5.39. The van der Waals surface area contributed by atoms with Gasteiger partial charge in [-0.1, -0.05) is 27.3 Å². The van der Waals surface area contributed by atoms with Gasteiger partial charge in [0.05, 0.1) is 28.2 Å². The van der Waals surface area contributed by atoms with Crippen molar-refractivity contribution < 1.29 is 9.72 Å². The van der Waals surface area contributed by atoms with Crippen LogP contribution in [0.1, 0.15) is 35.6 Å². The molecular formula is C21H17BrN4O3S. The third-order valence-corrected chi connectivity index (χ3v) is 6.99. The zero-order valence-electron chi connectivity index (χ0n) is 16.0. The Morgan fingerprint density at radius 2 is 2.10 bits per heavy atom. The molecule has 1 aromatic heterocycles. The molecule has 1 aliphatic carbocycles. The first-order chi connectivity index (χ1) is 14.3. The Bertz CT molecular complexity index is 1190. The number of hydrogen-bond acceptors (Lipinski definition) is 7. The van der Waals surface area contributed by atoms with Gasteiger partial charge in [-0.05, 0) is 49.6 Å². The van der Waals surface area contributed by atoms with Crippen LogP contribution < -0.4 is 10.6 Å². The average molecular weight is 485 g/mol. The van der Waals surface area contributed by atoms with Gasteiger partial charge in [-0.3, -0.25) is 19.8 Å². The molecule has 152 valence electrons. The molecule has 2 aliphatic rings. The molecule has 0 saturated heterocycles. The summed E-state index contributed by atoms with van der Waals surface area (Å²) in [6.45, 7) is 1.94. The van der Waals surface area contributed by atoms with Gasteiger partial charge >= 0.3 is 5.00 Å². The van der Waals surface area contributed by atoms with Crippen molar-refractivity contribution >= 4 is 43.7 Å². The number of nitro groups is 1. The van der Waals surface area contributed by atoms with E-state index in [0.29, 0.717) is 29.7 Å². The number of nitriles is 1. The molecule has 4 rings (SSSR count). The summed E-state index contributed by atoms with van der Waals surface area (Å²) in [6.07, 6.45) is 1.71. The second-order valence-corrected chi connectivity index (χ2v) is 9.19. The largest absolute Gasteiger partial charge is 0.384 e. The normalized spacial score (nSPS) is 19.0. The van der Waals surface area contributed by atoms with Crippen molar-refractivity contribution in [1.82, 2.24) is 0 Å². The standard InChI is InChI=1S/C21H17BrN4O3S/c1-11-9-12(22)5-6-14(11)25-15-3-2-4-16(27)20(15)19(13(10-23)21(25)24)17-7-8-18(30-17)26(28)29/h5-9,19H,2-4,24H2,1H3. The molecule has 1 aliphatic heterocycles. The van der Waals surface area contributed by atoms with Crippen LogP contribution >= 0.6 is 27.3 Å². The van der Waals surface area contributed by atoms with Gasteiger partial charge in [-0.15, -0.1) is 0 Å². The fraction of sp³-hybridized carbons (Fsp3) is 0.238. The van der Waals surface area contributed by atoms with Gasteiger partial charge in [-0.25, -0.2) is 0 Å². The third kappa shape index (κ3) is 3.22. The molecule has 0 bridgehead atoms. The zero-order chi connectivity index (χ0) is 21.6. The lowest BCUT2D eigenvalue weighted by Crippen LogP contribution is -2.38. The Morgan fingerprint density at radius 3 is 2.73 bits per heavy atom. The quantitative estimate of drug-likeness (QED) is 0.482. The summed E-state index contributed by atoms with van der Waals surface area (Å²) < 4.78 is 0.918. The first-order valence-electron chi connectivity index (χ1n) is 9.30. The van der Waals surface area contributed by atoms with E-state index in [1.165, 1.54) is 6.07 Å². The van der Waals surface area contributed by atoms with Crippen molar-refractivity contribution in [3.63, 3.8) is 0 Å². The summed E-state index contributed by atoms with van der Waals surface area (Å²) in [6, 6.07) is 10.9. The number of benzene rings is 1. The Morgan fingerprint density at radius 1 is 1.33 bits per heavy atom.